The molecule has 0 aliphatic rings. The molecule has 134 valence electrons. The number of amides is 1. The number of carbonyl (C=O) groups is 2. The molecule has 0 spiro atoms. The van der Waals surface area contributed by atoms with Gasteiger partial charge in [0.05, 0.1) is 17.9 Å². The molecule has 0 saturated carbocycles. The number of carbonyl (C=O) groups excluding carboxylic acids is 1. The number of carboxylic acids is 1. The van der Waals surface area contributed by atoms with Crippen LogP contribution in [0.3, 0.4) is 0 Å². The van der Waals surface area contributed by atoms with Gasteiger partial charge in [-0.2, -0.15) is 0 Å². The van der Waals surface area contributed by atoms with Crippen LogP contribution in [0.5, 0.6) is 0 Å². The highest BCUT2D eigenvalue weighted by Crippen LogP contribution is 2.26. The highest BCUT2D eigenvalue weighted by atomic mass is 32.2. The third kappa shape index (κ3) is 6.57. The van der Waals surface area contributed by atoms with Crippen LogP contribution in [0.4, 0.5) is 11.4 Å². The summed E-state index contributed by atoms with van der Waals surface area (Å²) in [6.45, 7) is 6.71. The van der Waals surface area contributed by atoms with Crippen LogP contribution < -0.4 is 10.0 Å². The van der Waals surface area contributed by atoms with Gasteiger partial charge in [-0.3, -0.25) is 14.3 Å². The molecule has 1 aromatic rings. The molecule has 24 heavy (non-hydrogen) atoms. The lowest BCUT2D eigenvalue weighted by Crippen LogP contribution is -2.24. The molecule has 7 nitrogen and oxygen atoms in total. The summed E-state index contributed by atoms with van der Waals surface area (Å²) in [4.78, 5) is 22.9. The van der Waals surface area contributed by atoms with Gasteiger partial charge in [0.15, 0.2) is 0 Å². The first-order chi connectivity index (χ1) is 10.9. The standard InChI is InChI=1S/C16H24N2O5S/c1-5-24(22,23)18-13-7-6-12(8-11(13)2)17-14(19)9-16(3,4)10-15(20)21/h6-8,18H,5,9-10H2,1-4H3,(H,17,19)(H,20,21). The van der Waals surface area contributed by atoms with E-state index in [4.69, 9.17) is 5.11 Å². The van der Waals surface area contributed by atoms with Crippen LogP contribution in [0.25, 0.3) is 0 Å². The quantitative estimate of drug-likeness (QED) is 0.663. The minimum Gasteiger partial charge on any atom is -0.481 e. The van der Waals surface area contributed by atoms with Gasteiger partial charge in [0.25, 0.3) is 0 Å². The van der Waals surface area contributed by atoms with Crippen LogP contribution in [-0.4, -0.2) is 31.2 Å². The largest absolute Gasteiger partial charge is 0.481 e. The SMILES string of the molecule is CCS(=O)(=O)Nc1ccc(NC(=O)CC(C)(C)CC(=O)O)cc1C. The molecule has 0 unspecified atom stereocenters. The van der Waals surface area contributed by atoms with Crippen LogP contribution in [0.1, 0.15) is 39.2 Å². The first kappa shape index (κ1) is 20.0. The molecule has 0 fully saturated rings. The minimum atomic E-state index is -3.36. The van der Waals surface area contributed by atoms with Crippen molar-refractivity contribution in [2.24, 2.45) is 5.41 Å². The fourth-order valence-electron chi connectivity index (χ4n) is 2.21. The maximum Gasteiger partial charge on any atom is 0.303 e. The van der Waals surface area contributed by atoms with Crippen LogP contribution in [-0.2, 0) is 19.6 Å². The van der Waals surface area contributed by atoms with E-state index < -0.39 is 21.4 Å². The summed E-state index contributed by atoms with van der Waals surface area (Å²) in [7, 11) is -3.36. The van der Waals surface area contributed by atoms with Gasteiger partial charge in [0.2, 0.25) is 15.9 Å². The normalized spacial score (nSPS) is 11.8. The van der Waals surface area contributed by atoms with Crippen molar-refractivity contribution in [2.45, 2.75) is 40.5 Å². The van der Waals surface area contributed by atoms with Crippen LogP contribution in [0.2, 0.25) is 0 Å². The number of hydrogen-bond acceptors (Lipinski definition) is 4. The molecular formula is C16H24N2O5S. The van der Waals surface area contributed by atoms with Crippen molar-refractivity contribution >= 4 is 33.3 Å². The van der Waals surface area contributed by atoms with E-state index in [0.717, 1.165) is 0 Å². The second-order valence-corrected chi connectivity index (χ2v) is 8.51. The summed E-state index contributed by atoms with van der Waals surface area (Å²) in [6, 6.07) is 4.85. The molecule has 0 saturated heterocycles. The summed E-state index contributed by atoms with van der Waals surface area (Å²) in [5, 5.41) is 11.6. The Morgan fingerprint density at radius 2 is 1.83 bits per heavy atom. The van der Waals surface area contributed by atoms with E-state index in [0.29, 0.717) is 16.9 Å². The summed E-state index contributed by atoms with van der Waals surface area (Å²) in [5.74, 6) is -1.26. The van der Waals surface area contributed by atoms with Crippen molar-refractivity contribution in [3.63, 3.8) is 0 Å². The van der Waals surface area contributed by atoms with E-state index >= 15 is 0 Å². The van der Waals surface area contributed by atoms with Gasteiger partial charge >= 0.3 is 5.97 Å². The number of rotatable bonds is 8. The number of carboxylic acid groups (broad SMARTS) is 1. The zero-order valence-corrected chi connectivity index (χ0v) is 15.2. The van der Waals surface area contributed by atoms with E-state index in [1.165, 1.54) is 0 Å². The number of benzene rings is 1. The second-order valence-electron chi connectivity index (χ2n) is 6.49. The molecule has 0 heterocycles. The third-order valence-corrected chi connectivity index (χ3v) is 4.72. The first-order valence-corrected chi connectivity index (χ1v) is 9.22. The topological polar surface area (TPSA) is 113 Å². The first-order valence-electron chi connectivity index (χ1n) is 7.57. The molecule has 0 radical (unpaired) electrons. The second kappa shape index (κ2) is 7.65. The van der Waals surface area contributed by atoms with Crippen molar-refractivity contribution in [3.8, 4) is 0 Å². The smallest absolute Gasteiger partial charge is 0.303 e. The molecule has 0 bridgehead atoms. The number of sulfonamides is 1. The summed E-state index contributed by atoms with van der Waals surface area (Å²) < 4.78 is 25.7. The Bertz CT molecular complexity index is 726. The van der Waals surface area contributed by atoms with Gasteiger partial charge in [-0.1, -0.05) is 13.8 Å². The van der Waals surface area contributed by atoms with E-state index in [1.807, 2.05) is 0 Å². The lowest BCUT2D eigenvalue weighted by molar-refractivity contribution is -0.139. The molecule has 1 amide bonds. The number of hydrogen-bond donors (Lipinski definition) is 3. The van der Waals surface area contributed by atoms with Crippen LogP contribution in [0.15, 0.2) is 18.2 Å². The van der Waals surface area contributed by atoms with Gasteiger partial charge in [-0.25, -0.2) is 8.42 Å². The van der Waals surface area contributed by atoms with E-state index in [2.05, 4.69) is 10.0 Å². The van der Waals surface area contributed by atoms with E-state index in [1.54, 1.807) is 45.9 Å². The fraction of sp³-hybridized carbons (Fsp3) is 0.500. The average Bonchev–Trinajstić information content (AvgIpc) is 2.39. The van der Waals surface area contributed by atoms with E-state index in [-0.39, 0.29) is 24.5 Å². The maximum atomic E-state index is 12.1. The minimum absolute atomic E-state index is 0.0242. The average molecular weight is 356 g/mol. The van der Waals surface area contributed by atoms with Crippen LogP contribution in [0, 0.1) is 12.3 Å². The zero-order valence-electron chi connectivity index (χ0n) is 14.3. The van der Waals surface area contributed by atoms with Gasteiger partial charge in [0, 0.05) is 12.1 Å². The highest BCUT2D eigenvalue weighted by molar-refractivity contribution is 7.92. The summed E-state index contributed by atoms with van der Waals surface area (Å²) in [5.41, 5.74) is 1.01. The zero-order chi connectivity index (χ0) is 18.5. The maximum absolute atomic E-state index is 12.1. The van der Waals surface area contributed by atoms with E-state index in [9.17, 15) is 18.0 Å². The number of aliphatic carboxylic acids is 1. The summed E-state index contributed by atoms with van der Waals surface area (Å²) in [6.07, 6.45) is -0.0280. The van der Waals surface area contributed by atoms with Gasteiger partial charge in [-0.15, -0.1) is 0 Å². The Hall–Kier alpha value is -2.09. The predicted molar refractivity (Wildman–Crippen MR) is 93.5 cm³/mol. The van der Waals surface area contributed by atoms with Gasteiger partial charge < -0.3 is 10.4 Å². The molecule has 0 aliphatic carbocycles. The third-order valence-electron chi connectivity index (χ3n) is 3.42. The Labute approximate surface area is 142 Å². The monoisotopic (exact) mass is 356 g/mol. The Morgan fingerprint density at radius 3 is 2.33 bits per heavy atom. The number of anilines is 2. The number of nitrogens with one attached hydrogen (secondary N) is 2. The molecular weight excluding hydrogens is 332 g/mol. The fourth-order valence-corrected chi connectivity index (χ4v) is 2.92. The molecule has 3 N–H and O–H groups in total. The lowest BCUT2D eigenvalue weighted by atomic mass is 9.85. The molecule has 1 rings (SSSR count). The van der Waals surface area contributed by atoms with Crippen molar-refractivity contribution < 1.29 is 23.1 Å². The Balaban J connectivity index is 2.78. The Kier molecular flexibility index (Phi) is 6.36. The number of aryl methyl sites for hydroxylation is 1. The van der Waals surface area contributed by atoms with Crippen molar-refractivity contribution in [1.82, 2.24) is 0 Å². The van der Waals surface area contributed by atoms with Crippen LogP contribution >= 0.6 is 0 Å². The highest BCUT2D eigenvalue weighted by Gasteiger charge is 2.25. The van der Waals surface area contributed by atoms with Crippen molar-refractivity contribution in [3.05, 3.63) is 23.8 Å². The molecule has 8 heteroatoms. The predicted octanol–water partition coefficient (Wildman–Crippen LogP) is 2.59. The molecule has 1 aromatic carbocycles. The summed E-state index contributed by atoms with van der Waals surface area (Å²) >= 11 is 0. The lowest BCUT2D eigenvalue weighted by Gasteiger charge is -2.21. The van der Waals surface area contributed by atoms with Crippen molar-refractivity contribution in [2.75, 3.05) is 15.8 Å². The molecule has 0 aromatic heterocycles. The van der Waals surface area contributed by atoms with Gasteiger partial charge in [-0.05, 0) is 43.0 Å². The molecule has 0 aliphatic heterocycles. The van der Waals surface area contributed by atoms with Crippen molar-refractivity contribution in [1.29, 1.82) is 0 Å². The molecule has 0 atom stereocenters. The van der Waals surface area contributed by atoms with Gasteiger partial charge in [0.1, 0.15) is 0 Å². The Morgan fingerprint density at radius 1 is 1.21 bits per heavy atom.